The molecule has 4 aromatic rings. The molecule has 0 aliphatic heterocycles. The first-order chi connectivity index (χ1) is 11.5. The maximum atomic E-state index is 12.3. The third-order valence-corrected chi connectivity index (χ3v) is 4.38. The van der Waals surface area contributed by atoms with E-state index in [1.807, 2.05) is 24.6 Å². The summed E-state index contributed by atoms with van der Waals surface area (Å²) in [5, 5.41) is 0. The molecule has 0 aliphatic rings. The van der Waals surface area contributed by atoms with Gasteiger partial charge in [-0.15, -0.1) is 0 Å². The van der Waals surface area contributed by atoms with Gasteiger partial charge in [0.15, 0.2) is 11.2 Å². The number of H-pyrrole nitrogens is 1. The zero-order chi connectivity index (χ0) is 17.0. The van der Waals surface area contributed by atoms with Crippen LogP contribution in [0.4, 0.5) is 0 Å². The molecule has 24 heavy (non-hydrogen) atoms. The Labute approximate surface area is 136 Å². The summed E-state index contributed by atoms with van der Waals surface area (Å²) in [5.41, 5.74) is 3.11. The topological polar surface area (TPSA) is 77.1 Å². The largest absolute Gasteiger partial charge is 0.329 e. The van der Waals surface area contributed by atoms with Crippen molar-refractivity contribution in [2.24, 2.45) is 7.05 Å². The first-order valence-electron chi connectivity index (χ1n) is 7.79. The number of imidazole rings is 2. The normalized spacial score (nSPS) is 11.6. The van der Waals surface area contributed by atoms with Crippen LogP contribution in [0.1, 0.15) is 12.5 Å². The van der Waals surface area contributed by atoms with Crippen LogP contribution in [0.25, 0.3) is 28.2 Å². The van der Waals surface area contributed by atoms with Crippen molar-refractivity contribution < 1.29 is 0 Å². The third kappa shape index (κ3) is 1.87. The van der Waals surface area contributed by atoms with Crippen molar-refractivity contribution in [2.75, 3.05) is 0 Å². The van der Waals surface area contributed by atoms with Gasteiger partial charge >= 0.3 is 5.69 Å². The highest BCUT2D eigenvalue weighted by atomic mass is 16.2. The van der Waals surface area contributed by atoms with Crippen LogP contribution in [-0.2, 0) is 13.6 Å². The average Bonchev–Trinajstić information content (AvgIpc) is 3.09. The lowest BCUT2D eigenvalue weighted by Gasteiger charge is -2.06. The average molecular weight is 323 g/mol. The highest BCUT2D eigenvalue weighted by Crippen LogP contribution is 2.25. The Morgan fingerprint density at radius 2 is 1.88 bits per heavy atom. The summed E-state index contributed by atoms with van der Waals surface area (Å²) < 4.78 is 5.15. The van der Waals surface area contributed by atoms with Gasteiger partial charge in [0.25, 0.3) is 5.56 Å². The Hall–Kier alpha value is -3.09. The predicted molar refractivity (Wildman–Crippen MR) is 92.4 cm³/mol. The van der Waals surface area contributed by atoms with Crippen LogP contribution in [0.5, 0.6) is 0 Å². The summed E-state index contributed by atoms with van der Waals surface area (Å²) in [7, 11) is 1.60. The van der Waals surface area contributed by atoms with Gasteiger partial charge in [0.2, 0.25) is 5.78 Å². The number of benzene rings is 1. The number of hydrogen-bond donors (Lipinski definition) is 1. The molecule has 1 aromatic carbocycles. The molecule has 0 spiro atoms. The summed E-state index contributed by atoms with van der Waals surface area (Å²) in [5.74, 6) is 0.648. The number of nitrogens with zero attached hydrogens (tertiary/aromatic N) is 4. The molecule has 3 heterocycles. The van der Waals surface area contributed by atoms with Crippen molar-refractivity contribution in [3.8, 4) is 11.3 Å². The molecule has 0 bridgehead atoms. The molecule has 4 rings (SSSR count). The first kappa shape index (κ1) is 14.5. The lowest BCUT2D eigenvalue weighted by Crippen LogP contribution is -2.28. The SMILES string of the molecule is CCn1c(-c2ccc(C)cc2)cn2c3c(=O)[nH]c(=O)n(C)c3nc12. The van der Waals surface area contributed by atoms with Gasteiger partial charge in [-0.1, -0.05) is 29.8 Å². The maximum absolute atomic E-state index is 12.3. The summed E-state index contributed by atoms with van der Waals surface area (Å²) in [6.07, 6.45) is 1.90. The van der Waals surface area contributed by atoms with Gasteiger partial charge in [-0.2, -0.15) is 4.98 Å². The van der Waals surface area contributed by atoms with Crippen LogP contribution in [0.3, 0.4) is 0 Å². The van der Waals surface area contributed by atoms with E-state index in [1.54, 1.807) is 11.4 Å². The van der Waals surface area contributed by atoms with Crippen LogP contribution >= 0.6 is 0 Å². The van der Waals surface area contributed by atoms with E-state index in [0.29, 0.717) is 23.5 Å². The van der Waals surface area contributed by atoms with E-state index < -0.39 is 11.2 Å². The minimum Gasteiger partial charge on any atom is -0.310 e. The second kappa shape index (κ2) is 4.95. The Morgan fingerprint density at radius 3 is 2.54 bits per heavy atom. The first-order valence-corrected chi connectivity index (χ1v) is 7.79. The van der Waals surface area contributed by atoms with Crippen molar-refractivity contribution >= 4 is 16.9 Å². The van der Waals surface area contributed by atoms with Crippen molar-refractivity contribution in [3.63, 3.8) is 0 Å². The second-order valence-electron chi connectivity index (χ2n) is 5.90. The standard InChI is InChI=1S/C17H17N5O2/c1-4-21-12(11-7-5-10(2)6-8-11)9-22-13-14(18-16(21)22)20(3)17(24)19-15(13)23/h5-9H,4H2,1-3H3,(H,19,23,24). The molecule has 0 amide bonds. The van der Waals surface area contributed by atoms with Gasteiger partial charge in [0.1, 0.15) is 0 Å². The summed E-state index contributed by atoms with van der Waals surface area (Å²) in [6, 6.07) is 8.22. The zero-order valence-corrected chi connectivity index (χ0v) is 13.7. The van der Waals surface area contributed by atoms with Gasteiger partial charge < -0.3 is 4.57 Å². The Balaban J connectivity index is 2.12. The number of aromatic nitrogens is 5. The number of rotatable bonds is 2. The highest BCUT2D eigenvalue weighted by molar-refractivity contribution is 5.77. The molecular formula is C17H17N5O2. The Morgan fingerprint density at radius 1 is 1.17 bits per heavy atom. The van der Waals surface area contributed by atoms with E-state index in [4.69, 9.17) is 0 Å². The van der Waals surface area contributed by atoms with Crippen molar-refractivity contribution in [3.05, 3.63) is 56.9 Å². The fourth-order valence-corrected chi connectivity index (χ4v) is 3.07. The van der Waals surface area contributed by atoms with Gasteiger partial charge in [0, 0.05) is 19.8 Å². The Bertz CT molecular complexity index is 1190. The zero-order valence-electron chi connectivity index (χ0n) is 13.7. The molecule has 0 radical (unpaired) electrons. The second-order valence-corrected chi connectivity index (χ2v) is 5.90. The van der Waals surface area contributed by atoms with E-state index in [2.05, 4.69) is 34.2 Å². The van der Waals surface area contributed by atoms with Crippen LogP contribution in [0.15, 0.2) is 40.1 Å². The molecular weight excluding hydrogens is 306 g/mol. The minimum absolute atomic E-state index is 0.382. The molecule has 3 aromatic heterocycles. The number of fused-ring (bicyclic) bond motifs is 3. The van der Waals surface area contributed by atoms with E-state index in [1.165, 1.54) is 10.1 Å². The van der Waals surface area contributed by atoms with E-state index in [-0.39, 0.29) is 0 Å². The van der Waals surface area contributed by atoms with E-state index >= 15 is 0 Å². The molecule has 7 nitrogen and oxygen atoms in total. The molecule has 7 heteroatoms. The molecule has 0 saturated carbocycles. The van der Waals surface area contributed by atoms with Crippen LogP contribution in [0.2, 0.25) is 0 Å². The predicted octanol–water partition coefficient (Wildman–Crippen LogP) is 1.67. The van der Waals surface area contributed by atoms with Crippen LogP contribution < -0.4 is 11.2 Å². The fraction of sp³-hybridized carbons (Fsp3) is 0.235. The third-order valence-electron chi connectivity index (χ3n) is 4.38. The molecule has 0 atom stereocenters. The van der Waals surface area contributed by atoms with E-state index in [0.717, 1.165) is 11.3 Å². The number of aromatic amines is 1. The molecule has 0 saturated heterocycles. The van der Waals surface area contributed by atoms with Crippen molar-refractivity contribution in [2.45, 2.75) is 20.4 Å². The lowest BCUT2D eigenvalue weighted by atomic mass is 10.1. The summed E-state index contributed by atoms with van der Waals surface area (Å²) in [4.78, 5) is 30.9. The van der Waals surface area contributed by atoms with Gasteiger partial charge in [0.05, 0.1) is 5.69 Å². The van der Waals surface area contributed by atoms with Crippen LogP contribution in [-0.4, -0.2) is 23.5 Å². The van der Waals surface area contributed by atoms with Gasteiger partial charge in [-0.25, -0.2) is 4.79 Å². The monoisotopic (exact) mass is 323 g/mol. The number of nitrogens with one attached hydrogen (secondary N) is 1. The fourth-order valence-electron chi connectivity index (χ4n) is 3.07. The Kier molecular flexibility index (Phi) is 2.99. The van der Waals surface area contributed by atoms with Crippen molar-refractivity contribution in [1.29, 1.82) is 0 Å². The van der Waals surface area contributed by atoms with Crippen molar-refractivity contribution in [1.82, 2.24) is 23.5 Å². The highest BCUT2D eigenvalue weighted by Gasteiger charge is 2.18. The molecule has 1 N–H and O–H groups in total. The van der Waals surface area contributed by atoms with Gasteiger partial charge in [-0.3, -0.25) is 18.7 Å². The smallest absolute Gasteiger partial charge is 0.310 e. The van der Waals surface area contributed by atoms with Crippen LogP contribution in [0, 0.1) is 6.92 Å². The molecule has 0 aliphatic carbocycles. The maximum Gasteiger partial charge on any atom is 0.329 e. The number of hydrogen-bond acceptors (Lipinski definition) is 3. The molecule has 122 valence electrons. The summed E-state index contributed by atoms with van der Waals surface area (Å²) >= 11 is 0. The quantitative estimate of drug-likeness (QED) is 0.609. The molecule has 0 fully saturated rings. The molecule has 0 unspecified atom stereocenters. The van der Waals surface area contributed by atoms with E-state index in [9.17, 15) is 9.59 Å². The minimum atomic E-state index is -0.463. The summed E-state index contributed by atoms with van der Waals surface area (Å²) in [6.45, 7) is 4.78. The number of aryl methyl sites for hydroxylation is 3. The van der Waals surface area contributed by atoms with Gasteiger partial charge in [-0.05, 0) is 19.4 Å². The lowest BCUT2D eigenvalue weighted by molar-refractivity contribution is 0.787.